The van der Waals surface area contributed by atoms with E-state index >= 15 is 0 Å². The monoisotopic (exact) mass is 576 g/mol. The highest BCUT2D eigenvalue weighted by Gasteiger charge is 2.19. The van der Waals surface area contributed by atoms with Gasteiger partial charge < -0.3 is 14.2 Å². The molecule has 42 heavy (non-hydrogen) atoms. The Balaban J connectivity index is 1.27. The van der Waals surface area contributed by atoms with Gasteiger partial charge in [-0.1, -0.05) is 121 Å². The Morgan fingerprint density at radius 3 is 2.00 bits per heavy atom. The molecule has 0 N–H and O–H groups in total. The number of para-hydroxylation sites is 1. The standard InChI is InChI=1S/C37H54NO4/c1-3-4-5-6-7-8-9-10-11-12-13-14-15-20-28-41-30-34(40-2)31-42-37(39)35-25-18-16-23-33(35)29-38-27-21-24-32-22-17-19-26-36(32)38/h16-19,21-27,34H,3-15,20,28-31H2,1-2H3/q+1. The third-order valence-electron chi connectivity index (χ3n) is 8.05. The summed E-state index contributed by atoms with van der Waals surface area (Å²) in [6.07, 6.45) is 20.6. The highest BCUT2D eigenvalue weighted by atomic mass is 16.6. The number of methoxy groups -OCH3 is 1. The Hall–Kier alpha value is -2.76. The van der Waals surface area contributed by atoms with E-state index in [-0.39, 0.29) is 18.7 Å². The first-order valence-corrected chi connectivity index (χ1v) is 16.5. The van der Waals surface area contributed by atoms with Crippen LogP contribution in [0.5, 0.6) is 0 Å². The van der Waals surface area contributed by atoms with Crippen molar-refractivity contribution in [2.24, 2.45) is 0 Å². The van der Waals surface area contributed by atoms with Gasteiger partial charge in [0.1, 0.15) is 12.7 Å². The Labute approximate surface area is 254 Å². The molecule has 1 aromatic heterocycles. The van der Waals surface area contributed by atoms with Crippen molar-refractivity contribution >= 4 is 16.9 Å². The van der Waals surface area contributed by atoms with Crippen LogP contribution in [-0.4, -0.2) is 39.0 Å². The molecule has 0 radical (unpaired) electrons. The smallest absolute Gasteiger partial charge is 0.338 e. The fourth-order valence-electron chi connectivity index (χ4n) is 5.44. The molecule has 0 aliphatic carbocycles. The molecule has 0 saturated heterocycles. The fourth-order valence-corrected chi connectivity index (χ4v) is 5.44. The molecule has 0 aliphatic rings. The van der Waals surface area contributed by atoms with Crippen LogP contribution in [0.2, 0.25) is 0 Å². The number of fused-ring (bicyclic) bond motifs is 1. The van der Waals surface area contributed by atoms with Crippen LogP contribution in [0.1, 0.15) is 113 Å². The van der Waals surface area contributed by atoms with E-state index in [1.165, 1.54) is 83.5 Å². The van der Waals surface area contributed by atoms with Gasteiger partial charge in [0.05, 0.1) is 12.2 Å². The van der Waals surface area contributed by atoms with E-state index < -0.39 is 0 Å². The van der Waals surface area contributed by atoms with E-state index in [1.807, 2.05) is 48.7 Å². The lowest BCUT2D eigenvalue weighted by Gasteiger charge is -2.16. The summed E-state index contributed by atoms with van der Waals surface area (Å²) in [4.78, 5) is 13.0. The molecule has 5 heteroatoms. The first-order chi connectivity index (χ1) is 20.7. The van der Waals surface area contributed by atoms with Crippen LogP contribution < -0.4 is 4.57 Å². The molecule has 1 unspecified atom stereocenters. The molecule has 2 aromatic carbocycles. The Morgan fingerprint density at radius 2 is 1.31 bits per heavy atom. The topological polar surface area (TPSA) is 48.6 Å². The number of unbranched alkanes of at least 4 members (excludes halogenated alkanes) is 13. The summed E-state index contributed by atoms with van der Waals surface area (Å²) in [5.74, 6) is -0.333. The first kappa shape index (κ1) is 33.7. The van der Waals surface area contributed by atoms with Gasteiger partial charge in [-0.2, -0.15) is 4.57 Å². The van der Waals surface area contributed by atoms with E-state index in [1.54, 1.807) is 7.11 Å². The number of benzene rings is 2. The van der Waals surface area contributed by atoms with Gasteiger partial charge in [-0.3, -0.25) is 0 Å². The minimum Gasteiger partial charge on any atom is -0.459 e. The molecule has 0 amide bonds. The van der Waals surface area contributed by atoms with Crippen molar-refractivity contribution in [1.82, 2.24) is 0 Å². The van der Waals surface area contributed by atoms with Crippen LogP contribution in [-0.2, 0) is 20.8 Å². The summed E-state index contributed by atoms with van der Waals surface area (Å²) in [6.45, 7) is 4.18. The number of hydrogen-bond acceptors (Lipinski definition) is 4. The van der Waals surface area contributed by atoms with Crippen molar-refractivity contribution in [2.45, 2.75) is 109 Å². The van der Waals surface area contributed by atoms with Crippen LogP contribution in [0.25, 0.3) is 10.9 Å². The lowest BCUT2D eigenvalue weighted by atomic mass is 10.0. The largest absolute Gasteiger partial charge is 0.459 e. The van der Waals surface area contributed by atoms with Crippen LogP contribution in [0, 0.1) is 0 Å². The Kier molecular flexibility index (Phi) is 16.9. The molecule has 230 valence electrons. The average Bonchev–Trinajstić information content (AvgIpc) is 3.02. The second-order valence-electron chi connectivity index (χ2n) is 11.5. The number of carbonyl (C=O) groups excluding carboxylic acids is 1. The van der Waals surface area contributed by atoms with Crippen molar-refractivity contribution in [3.63, 3.8) is 0 Å². The van der Waals surface area contributed by atoms with E-state index in [4.69, 9.17) is 14.2 Å². The van der Waals surface area contributed by atoms with Crippen LogP contribution in [0.4, 0.5) is 0 Å². The van der Waals surface area contributed by atoms with Crippen molar-refractivity contribution < 1.29 is 23.6 Å². The number of rotatable bonds is 23. The maximum Gasteiger partial charge on any atom is 0.338 e. The summed E-state index contributed by atoms with van der Waals surface area (Å²) < 4.78 is 19.2. The molecule has 0 fully saturated rings. The minimum atomic E-state index is -0.333. The molecule has 3 rings (SSSR count). The first-order valence-electron chi connectivity index (χ1n) is 16.5. The molecule has 1 heterocycles. The summed E-state index contributed by atoms with van der Waals surface area (Å²) in [6, 6.07) is 20.0. The highest BCUT2D eigenvalue weighted by molar-refractivity contribution is 5.91. The minimum absolute atomic E-state index is 0.170. The number of hydrogen-bond donors (Lipinski definition) is 0. The number of esters is 1. The predicted octanol–water partition coefficient (Wildman–Crippen LogP) is 8.85. The number of nitrogens with zero attached hydrogens (tertiary/aromatic N) is 1. The quantitative estimate of drug-likeness (QED) is 0.0643. The summed E-state index contributed by atoms with van der Waals surface area (Å²) in [5.41, 5.74) is 2.63. The number of carbonyl (C=O) groups is 1. The molecule has 1 atom stereocenters. The number of pyridine rings is 1. The molecular weight excluding hydrogens is 522 g/mol. The number of aromatic nitrogens is 1. The van der Waals surface area contributed by atoms with Crippen LogP contribution >= 0.6 is 0 Å². The average molecular weight is 577 g/mol. The maximum absolute atomic E-state index is 13.0. The van der Waals surface area contributed by atoms with Crippen molar-refractivity contribution in [3.05, 3.63) is 78.0 Å². The van der Waals surface area contributed by atoms with E-state index in [0.29, 0.717) is 18.7 Å². The third-order valence-corrected chi connectivity index (χ3v) is 8.05. The molecule has 0 saturated carbocycles. The SMILES string of the molecule is CCCCCCCCCCCCCCCCOCC(COC(=O)c1ccccc1C[n+]1cccc2ccccc21)OC. The highest BCUT2D eigenvalue weighted by Crippen LogP contribution is 2.15. The van der Waals surface area contributed by atoms with E-state index in [9.17, 15) is 4.79 Å². The van der Waals surface area contributed by atoms with Gasteiger partial charge in [0, 0.05) is 36.8 Å². The van der Waals surface area contributed by atoms with Gasteiger partial charge in [0.25, 0.3) is 0 Å². The van der Waals surface area contributed by atoms with E-state index in [2.05, 4.69) is 29.7 Å². The molecule has 0 aliphatic heterocycles. The molecule has 5 nitrogen and oxygen atoms in total. The van der Waals surface area contributed by atoms with Gasteiger partial charge in [0.15, 0.2) is 12.7 Å². The molecular formula is C37H54NO4+. The van der Waals surface area contributed by atoms with Crippen LogP contribution in [0.15, 0.2) is 66.9 Å². The zero-order valence-electron chi connectivity index (χ0n) is 26.2. The lowest BCUT2D eigenvalue weighted by molar-refractivity contribution is -0.662. The normalized spacial score (nSPS) is 12.0. The van der Waals surface area contributed by atoms with Crippen molar-refractivity contribution in [1.29, 1.82) is 0 Å². The maximum atomic E-state index is 13.0. The van der Waals surface area contributed by atoms with Gasteiger partial charge in [0.2, 0.25) is 5.52 Å². The Bertz CT molecular complexity index is 1140. The predicted molar refractivity (Wildman–Crippen MR) is 172 cm³/mol. The van der Waals surface area contributed by atoms with Crippen molar-refractivity contribution in [2.75, 3.05) is 26.9 Å². The van der Waals surface area contributed by atoms with Gasteiger partial charge >= 0.3 is 5.97 Å². The molecule has 3 aromatic rings. The van der Waals surface area contributed by atoms with Gasteiger partial charge in [-0.05, 0) is 24.6 Å². The summed E-state index contributed by atoms with van der Waals surface area (Å²) in [7, 11) is 1.64. The second-order valence-corrected chi connectivity index (χ2v) is 11.5. The van der Waals surface area contributed by atoms with Gasteiger partial charge in [-0.25, -0.2) is 4.79 Å². The van der Waals surface area contributed by atoms with Crippen LogP contribution in [0.3, 0.4) is 0 Å². The summed E-state index contributed by atoms with van der Waals surface area (Å²) in [5, 5.41) is 1.16. The summed E-state index contributed by atoms with van der Waals surface area (Å²) >= 11 is 0. The lowest BCUT2D eigenvalue weighted by Crippen LogP contribution is -2.35. The third kappa shape index (κ3) is 12.6. The molecule has 0 bridgehead atoms. The Morgan fingerprint density at radius 1 is 0.714 bits per heavy atom. The fraction of sp³-hybridized carbons (Fsp3) is 0.568. The number of ether oxygens (including phenoxy) is 3. The molecule has 0 spiro atoms. The second kappa shape index (κ2) is 21.0. The van der Waals surface area contributed by atoms with Crippen molar-refractivity contribution in [3.8, 4) is 0 Å². The zero-order chi connectivity index (χ0) is 29.7. The van der Waals surface area contributed by atoms with Gasteiger partial charge in [-0.15, -0.1) is 0 Å². The van der Waals surface area contributed by atoms with E-state index in [0.717, 1.165) is 29.5 Å². The zero-order valence-corrected chi connectivity index (χ0v) is 26.2.